The highest BCUT2D eigenvalue weighted by Crippen LogP contribution is 2.39. The lowest BCUT2D eigenvalue weighted by atomic mass is 9.94. The molecule has 0 aliphatic carbocycles. The Labute approximate surface area is 107 Å². The summed E-state index contributed by atoms with van der Waals surface area (Å²) in [6.07, 6.45) is 0.742. The molecule has 0 aromatic carbocycles. The molecule has 0 radical (unpaired) electrons. The van der Waals surface area contributed by atoms with Gasteiger partial charge < -0.3 is 16.3 Å². The first-order valence-electron chi connectivity index (χ1n) is 5.61. The predicted octanol–water partition coefficient (Wildman–Crippen LogP) is 0.605. The van der Waals surface area contributed by atoms with Crippen molar-refractivity contribution in [3.05, 3.63) is 20.9 Å². The van der Waals surface area contributed by atoms with E-state index in [1.165, 1.54) is 11.3 Å². The van der Waals surface area contributed by atoms with E-state index in [1.54, 1.807) is 0 Å². The van der Waals surface area contributed by atoms with Gasteiger partial charge in [0.15, 0.2) is 0 Å². The van der Waals surface area contributed by atoms with E-state index in [-0.39, 0.29) is 11.4 Å². The molecule has 0 bridgehead atoms. The van der Waals surface area contributed by atoms with Crippen molar-refractivity contribution < 1.29 is 4.74 Å². The largest absolute Gasteiger partial charge is 0.383 e. The standard InChI is InChI=1S/C11H14N4O2S/c1-11(2)3-5-6(4-17-11)18-9-7(5)8(12)15(13)10(16)14-9/h3-4,12-13H2,1-2H3. The summed E-state index contributed by atoms with van der Waals surface area (Å²) in [5, 5.41) is 0.800. The number of nitrogens with zero attached hydrogens (tertiary/aromatic N) is 2. The Bertz CT molecular complexity index is 701. The maximum absolute atomic E-state index is 11.5. The average Bonchev–Trinajstić information content (AvgIpc) is 2.62. The second-order valence-corrected chi connectivity index (χ2v) is 6.14. The zero-order chi connectivity index (χ0) is 13.1. The van der Waals surface area contributed by atoms with Gasteiger partial charge in [0.1, 0.15) is 10.6 Å². The Morgan fingerprint density at radius 2 is 2.22 bits per heavy atom. The molecule has 2 aromatic rings. The molecule has 0 unspecified atom stereocenters. The average molecular weight is 266 g/mol. The number of ether oxygens (including phenoxy) is 1. The number of hydrogen-bond acceptors (Lipinski definition) is 6. The molecule has 18 heavy (non-hydrogen) atoms. The molecule has 0 saturated carbocycles. The van der Waals surface area contributed by atoms with E-state index >= 15 is 0 Å². The van der Waals surface area contributed by atoms with Crippen LogP contribution < -0.4 is 17.3 Å². The van der Waals surface area contributed by atoms with Crippen molar-refractivity contribution in [2.75, 3.05) is 11.6 Å². The highest BCUT2D eigenvalue weighted by Gasteiger charge is 2.30. The molecule has 6 nitrogen and oxygen atoms in total. The maximum atomic E-state index is 11.5. The minimum atomic E-state index is -0.529. The molecule has 0 spiro atoms. The summed E-state index contributed by atoms with van der Waals surface area (Å²) in [7, 11) is 0. The van der Waals surface area contributed by atoms with Gasteiger partial charge in [-0.05, 0) is 19.4 Å². The van der Waals surface area contributed by atoms with Gasteiger partial charge in [-0.25, -0.2) is 4.79 Å². The smallest absolute Gasteiger partial charge is 0.369 e. The van der Waals surface area contributed by atoms with Gasteiger partial charge in [-0.15, -0.1) is 11.3 Å². The van der Waals surface area contributed by atoms with Crippen LogP contribution in [0.2, 0.25) is 0 Å². The van der Waals surface area contributed by atoms with Gasteiger partial charge in [-0.3, -0.25) is 0 Å². The number of nitrogens with two attached hydrogens (primary N) is 2. The summed E-state index contributed by atoms with van der Waals surface area (Å²) in [6.45, 7) is 4.59. The third kappa shape index (κ3) is 1.51. The molecule has 3 heterocycles. The van der Waals surface area contributed by atoms with E-state index < -0.39 is 5.69 Å². The van der Waals surface area contributed by atoms with Gasteiger partial charge in [0, 0.05) is 11.3 Å². The summed E-state index contributed by atoms with van der Waals surface area (Å²) in [6, 6.07) is 0. The van der Waals surface area contributed by atoms with E-state index in [2.05, 4.69) is 4.98 Å². The van der Waals surface area contributed by atoms with Crippen molar-refractivity contribution in [3.63, 3.8) is 0 Å². The highest BCUT2D eigenvalue weighted by molar-refractivity contribution is 7.18. The maximum Gasteiger partial charge on any atom is 0.369 e. The summed E-state index contributed by atoms with van der Waals surface area (Å²) in [4.78, 5) is 17.2. The zero-order valence-corrected chi connectivity index (χ0v) is 11.0. The van der Waals surface area contributed by atoms with Crippen LogP contribution in [0.3, 0.4) is 0 Å². The number of aromatic nitrogens is 2. The van der Waals surface area contributed by atoms with Crippen molar-refractivity contribution in [2.45, 2.75) is 32.5 Å². The third-order valence-corrected chi connectivity index (χ3v) is 4.29. The normalized spacial score (nSPS) is 17.9. The van der Waals surface area contributed by atoms with E-state index in [0.29, 0.717) is 11.4 Å². The van der Waals surface area contributed by atoms with Crippen LogP contribution in [0.5, 0.6) is 0 Å². The minimum Gasteiger partial charge on any atom is -0.383 e. The molecule has 0 saturated heterocycles. The lowest BCUT2D eigenvalue weighted by Gasteiger charge is -2.30. The van der Waals surface area contributed by atoms with Gasteiger partial charge in [0.2, 0.25) is 0 Å². The number of anilines is 1. The number of thiophene rings is 1. The molecular weight excluding hydrogens is 252 g/mol. The van der Waals surface area contributed by atoms with Crippen LogP contribution in [0.25, 0.3) is 10.2 Å². The fourth-order valence-electron chi connectivity index (χ4n) is 2.25. The van der Waals surface area contributed by atoms with Crippen molar-refractivity contribution in [3.8, 4) is 0 Å². The Morgan fingerprint density at radius 1 is 1.50 bits per heavy atom. The second-order valence-electron chi connectivity index (χ2n) is 5.06. The number of hydrogen-bond donors (Lipinski definition) is 2. The molecule has 7 heteroatoms. The fourth-order valence-corrected chi connectivity index (χ4v) is 3.35. The van der Waals surface area contributed by atoms with Gasteiger partial charge in [-0.1, -0.05) is 0 Å². The summed E-state index contributed by atoms with van der Waals surface area (Å²) >= 11 is 1.45. The molecule has 0 fully saturated rings. The molecule has 0 amide bonds. The monoisotopic (exact) mass is 266 g/mol. The third-order valence-electron chi connectivity index (χ3n) is 3.19. The molecule has 1 aliphatic heterocycles. The van der Waals surface area contributed by atoms with Crippen LogP contribution >= 0.6 is 11.3 Å². The summed E-state index contributed by atoms with van der Waals surface area (Å²) in [5.41, 5.74) is 6.28. The fraction of sp³-hybridized carbons (Fsp3) is 0.455. The van der Waals surface area contributed by atoms with Crippen LogP contribution in [0, 0.1) is 0 Å². The second kappa shape index (κ2) is 3.46. The first-order chi connectivity index (χ1) is 8.39. The van der Waals surface area contributed by atoms with Gasteiger partial charge in [0.25, 0.3) is 0 Å². The van der Waals surface area contributed by atoms with Crippen molar-refractivity contribution in [2.24, 2.45) is 0 Å². The Hall–Kier alpha value is -1.60. The SMILES string of the molecule is CC1(C)Cc2c(sc3nc(=O)n(N)c(N)c23)CO1. The quantitative estimate of drug-likeness (QED) is 0.681. The lowest BCUT2D eigenvalue weighted by molar-refractivity contribution is -0.0379. The van der Waals surface area contributed by atoms with Crippen molar-refractivity contribution in [1.82, 2.24) is 9.66 Å². The first-order valence-corrected chi connectivity index (χ1v) is 6.42. The Balaban J connectivity index is 2.35. The van der Waals surface area contributed by atoms with Crippen LogP contribution in [0.4, 0.5) is 5.82 Å². The van der Waals surface area contributed by atoms with Crippen molar-refractivity contribution in [1.29, 1.82) is 0 Å². The van der Waals surface area contributed by atoms with Crippen molar-refractivity contribution >= 4 is 27.4 Å². The van der Waals surface area contributed by atoms with Gasteiger partial charge >= 0.3 is 5.69 Å². The van der Waals surface area contributed by atoms with E-state index in [0.717, 1.165) is 26.9 Å². The minimum absolute atomic E-state index is 0.233. The van der Waals surface area contributed by atoms with Crippen LogP contribution in [-0.4, -0.2) is 15.3 Å². The molecule has 96 valence electrons. The molecule has 2 aromatic heterocycles. The Kier molecular flexibility index (Phi) is 2.21. The van der Waals surface area contributed by atoms with Crippen LogP contribution in [0.15, 0.2) is 4.79 Å². The molecule has 3 rings (SSSR count). The van der Waals surface area contributed by atoms with E-state index in [9.17, 15) is 4.79 Å². The van der Waals surface area contributed by atoms with Gasteiger partial charge in [-0.2, -0.15) is 9.66 Å². The number of nitrogen functional groups attached to an aromatic ring is 2. The summed E-state index contributed by atoms with van der Waals surface area (Å²) in [5.74, 6) is 5.88. The molecular formula is C11H14N4O2S. The van der Waals surface area contributed by atoms with Gasteiger partial charge in [0.05, 0.1) is 17.6 Å². The number of rotatable bonds is 0. The lowest BCUT2D eigenvalue weighted by Crippen LogP contribution is -2.33. The topological polar surface area (TPSA) is 96.2 Å². The predicted molar refractivity (Wildman–Crippen MR) is 71.0 cm³/mol. The first kappa shape index (κ1) is 11.5. The number of fused-ring (bicyclic) bond motifs is 3. The van der Waals surface area contributed by atoms with Crippen LogP contribution in [0.1, 0.15) is 24.3 Å². The molecule has 4 N–H and O–H groups in total. The Morgan fingerprint density at radius 3 is 2.94 bits per heavy atom. The van der Waals surface area contributed by atoms with E-state index in [1.807, 2.05) is 13.8 Å². The zero-order valence-electron chi connectivity index (χ0n) is 10.2. The highest BCUT2D eigenvalue weighted by atomic mass is 32.1. The summed E-state index contributed by atoms with van der Waals surface area (Å²) < 4.78 is 6.65. The van der Waals surface area contributed by atoms with Crippen LogP contribution in [-0.2, 0) is 17.8 Å². The molecule has 1 aliphatic rings. The van der Waals surface area contributed by atoms with E-state index in [4.69, 9.17) is 16.3 Å². The molecule has 0 atom stereocenters.